The van der Waals surface area contributed by atoms with Gasteiger partial charge in [0.2, 0.25) is 5.91 Å². The molecule has 3 aromatic rings. The first kappa shape index (κ1) is 23.0. The number of ether oxygens (including phenoxy) is 1. The van der Waals surface area contributed by atoms with Gasteiger partial charge in [-0.1, -0.05) is 12.1 Å². The van der Waals surface area contributed by atoms with E-state index in [0.717, 1.165) is 23.2 Å². The topological polar surface area (TPSA) is 113 Å². The van der Waals surface area contributed by atoms with Crippen molar-refractivity contribution in [3.8, 4) is 11.9 Å². The number of rotatable bonds is 4. The number of hydrogen-bond acceptors (Lipinski definition) is 8. The third kappa shape index (κ3) is 4.50. The lowest BCUT2D eigenvalue weighted by Gasteiger charge is -2.46. The van der Waals surface area contributed by atoms with Crippen molar-refractivity contribution in [1.82, 2.24) is 35.0 Å². The molecule has 1 amide bonds. The minimum atomic E-state index is -0.509. The van der Waals surface area contributed by atoms with Crippen LogP contribution in [0.5, 0.6) is 0 Å². The minimum Gasteiger partial charge on any atom is -0.370 e. The Morgan fingerprint density at radius 2 is 2.14 bits per heavy atom. The van der Waals surface area contributed by atoms with E-state index in [-0.39, 0.29) is 30.0 Å². The first-order chi connectivity index (χ1) is 16.9. The number of nitrogens with zero attached hydrogens (tertiary/aromatic N) is 8. The van der Waals surface area contributed by atoms with E-state index < -0.39 is 5.82 Å². The molecule has 2 aromatic heterocycles. The maximum Gasteiger partial charge on any atom is 0.227 e. The van der Waals surface area contributed by atoms with Gasteiger partial charge >= 0.3 is 0 Å². The maximum absolute atomic E-state index is 13.9. The van der Waals surface area contributed by atoms with Gasteiger partial charge in [0, 0.05) is 32.4 Å². The molecule has 5 rings (SSSR count). The number of benzene rings is 1. The highest BCUT2D eigenvalue weighted by atomic mass is 19.1. The van der Waals surface area contributed by atoms with Crippen molar-refractivity contribution in [3.63, 3.8) is 0 Å². The molecule has 0 saturated carbocycles. The molecule has 10 nitrogen and oxygen atoms in total. The molecule has 35 heavy (non-hydrogen) atoms. The second-order valence-corrected chi connectivity index (χ2v) is 8.97. The van der Waals surface area contributed by atoms with E-state index in [0.29, 0.717) is 37.6 Å². The lowest BCUT2D eigenvalue weighted by Crippen LogP contribution is -2.59. The third-order valence-corrected chi connectivity index (χ3v) is 6.79. The number of fused-ring (bicyclic) bond motifs is 1. The van der Waals surface area contributed by atoms with Gasteiger partial charge in [0.15, 0.2) is 5.82 Å². The number of nitriles is 1. The quantitative estimate of drug-likeness (QED) is 0.557. The van der Waals surface area contributed by atoms with Crippen LogP contribution in [0, 0.1) is 31.0 Å². The summed E-state index contributed by atoms with van der Waals surface area (Å²) in [5, 5.41) is 20.4. The molecule has 2 atom stereocenters. The largest absolute Gasteiger partial charge is 0.370 e. The van der Waals surface area contributed by atoms with Gasteiger partial charge in [0.25, 0.3) is 0 Å². The predicted molar refractivity (Wildman–Crippen MR) is 122 cm³/mol. The fourth-order valence-corrected chi connectivity index (χ4v) is 4.89. The highest BCUT2D eigenvalue weighted by Crippen LogP contribution is 2.31. The van der Waals surface area contributed by atoms with Gasteiger partial charge in [0.1, 0.15) is 18.2 Å². The number of hydrogen-bond donors (Lipinski definition) is 0. The molecule has 0 spiro atoms. The standard InChI is InChI=1S/C24H25FN8O2/c1-15-7-17(10-27-24(15)33-14-28-29-30-33)8-23(34)32-6-5-31-12-22(35-13-18(31)11-32)19-3-4-21(25)20(9-26)16(19)2/h3-4,7,10,14,18,22H,5-6,8,11-13H2,1-2H3. The van der Waals surface area contributed by atoms with Crippen molar-refractivity contribution in [2.75, 3.05) is 32.8 Å². The molecule has 11 heteroatoms. The molecule has 2 unspecified atom stereocenters. The van der Waals surface area contributed by atoms with Gasteiger partial charge in [-0.15, -0.1) is 5.10 Å². The van der Waals surface area contributed by atoms with Crippen LogP contribution in [0.3, 0.4) is 0 Å². The average Bonchev–Trinajstić information content (AvgIpc) is 3.38. The van der Waals surface area contributed by atoms with E-state index in [1.807, 2.05) is 24.0 Å². The summed E-state index contributed by atoms with van der Waals surface area (Å²) >= 11 is 0. The van der Waals surface area contributed by atoms with Gasteiger partial charge < -0.3 is 9.64 Å². The summed E-state index contributed by atoms with van der Waals surface area (Å²) in [6.45, 7) is 6.73. The number of aromatic nitrogens is 5. The highest BCUT2D eigenvalue weighted by Gasteiger charge is 2.36. The second-order valence-electron chi connectivity index (χ2n) is 8.97. The summed E-state index contributed by atoms with van der Waals surface area (Å²) in [5.74, 6) is 0.174. The van der Waals surface area contributed by atoms with Gasteiger partial charge in [-0.05, 0) is 52.6 Å². The van der Waals surface area contributed by atoms with Crippen LogP contribution in [0.1, 0.15) is 33.9 Å². The molecule has 0 bridgehead atoms. The molecule has 1 aromatic carbocycles. The summed E-state index contributed by atoms with van der Waals surface area (Å²) in [5.41, 5.74) is 3.26. The Morgan fingerprint density at radius 1 is 1.29 bits per heavy atom. The fourth-order valence-electron chi connectivity index (χ4n) is 4.89. The molecule has 0 N–H and O–H groups in total. The van der Waals surface area contributed by atoms with Gasteiger partial charge in [-0.25, -0.2) is 9.37 Å². The molecule has 2 saturated heterocycles. The first-order valence-electron chi connectivity index (χ1n) is 11.5. The number of amides is 1. The number of piperazine rings is 1. The van der Waals surface area contributed by atoms with E-state index in [1.54, 1.807) is 19.2 Å². The SMILES string of the molecule is Cc1cc(CC(=O)N2CCN3CC(c4ccc(F)c(C#N)c4C)OCC3C2)cnc1-n1cnnn1. The summed E-state index contributed by atoms with van der Waals surface area (Å²) < 4.78 is 21.5. The average molecular weight is 477 g/mol. The molecule has 4 heterocycles. The first-order valence-corrected chi connectivity index (χ1v) is 11.5. The van der Waals surface area contributed by atoms with Gasteiger partial charge in [-0.2, -0.15) is 9.94 Å². The fraction of sp³-hybridized carbons (Fsp3) is 0.417. The zero-order valence-electron chi connectivity index (χ0n) is 19.6. The van der Waals surface area contributed by atoms with Crippen molar-refractivity contribution in [3.05, 3.63) is 64.4 Å². The van der Waals surface area contributed by atoms with E-state index in [4.69, 9.17) is 4.74 Å². The van der Waals surface area contributed by atoms with Crippen LogP contribution in [0.4, 0.5) is 4.39 Å². The Bertz CT molecular complexity index is 1290. The Kier molecular flexibility index (Phi) is 6.23. The minimum absolute atomic E-state index is 0.0520. The molecule has 0 radical (unpaired) electrons. The Morgan fingerprint density at radius 3 is 2.89 bits per heavy atom. The summed E-state index contributed by atoms with van der Waals surface area (Å²) in [4.78, 5) is 21.7. The van der Waals surface area contributed by atoms with Crippen LogP contribution in [-0.2, 0) is 16.0 Å². The summed E-state index contributed by atoms with van der Waals surface area (Å²) in [6.07, 6.45) is 3.21. The van der Waals surface area contributed by atoms with E-state index in [2.05, 4.69) is 25.4 Å². The number of aryl methyl sites for hydroxylation is 1. The molecular formula is C24H25FN8O2. The number of halogens is 1. The van der Waals surface area contributed by atoms with Crippen molar-refractivity contribution >= 4 is 5.91 Å². The number of pyridine rings is 1. The highest BCUT2D eigenvalue weighted by molar-refractivity contribution is 5.79. The molecule has 2 aliphatic heterocycles. The Hall–Kier alpha value is -3.75. The number of tetrazole rings is 1. The molecule has 0 aliphatic carbocycles. The zero-order valence-corrected chi connectivity index (χ0v) is 19.6. The molecule has 180 valence electrons. The monoisotopic (exact) mass is 476 g/mol. The maximum atomic E-state index is 13.9. The van der Waals surface area contributed by atoms with Crippen LogP contribution in [-0.4, -0.2) is 79.7 Å². The lowest BCUT2D eigenvalue weighted by molar-refractivity contribution is -0.139. The number of morpholine rings is 1. The second kappa shape index (κ2) is 9.48. The van der Waals surface area contributed by atoms with Crippen LogP contribution < -0.4 is 0 Å². The van der Waals surface area contributed by atoms with Crippen LogP contribution >= 0.6 is 0 Å². The normalized spacial score (nSPS) is 20.3. The van der Waals surface area contributed by atoms with Gasteiger partial charge in [0.05, 0.1) is 30.7 Å². The third-order valence-electron chi connectivity index (χ3n) is 6.79. The molecular weight excluding hydrogens is 451 g/mol. The number of carbonyl (C=O) groups is 1. The van der Waals surface area contributed by atoms with Crippen molar-refractivity contribution in [1.29, 1.82) is 5.26 Å². The Balaban J connectivity index is 1.21. The van der Waals surface area contributed by atoms with Gasteiger partial charge in [-0.3, -0.25) is 9.69 Å². The van der Waals surface area contributed by atoms with E-state index >= 15 is 0 Å². The predicted octanol–water partition coefficient (Wildman–Crippen LogP) is 1.51. The van der Waals surface area contributed by atoms with Crippen molar-refractivity contribution in [2.45, 2.75) is 32.4 Å². The van der Waals surface area contributed by atoms with Crippen LogP contribution in [0.25, 0.3) is 5.82 Å². The smallest absolute Gasteiger partial charge is 0.227 e. The van der Waals surface area contributed by atoms with Crippen molar-refractivity contribution in [2.24, 2.45) is 0 Å². The molecule has 2 fully saturated rings. The summed E-state index contributed by atoms with van der Waals surface area (Å²) in [7, 11) is 0. The van der Waals surface area contributed by atoms with Crippen molar-refractivity contribution < 1.29 is 13.9 Å². The van der Waals surface area contributed by atoms with Crippen LogP contribution in [0.2, 0.25) is 0 Å². The van der Waals surface area contributed by atoms with E-state index in [1.165, 1.54) is 17.1 Å². The zero-order chi connectivity index (χ0) is 24.5. The van der Waals surface area contributed by atoms with E-state index in [9.17, 15) is 14.4 Å². The van der Waals surface area contributed by atoms with Crippen LogP contribution in [0.15, 0.2) is 30.7 Å². The lowest BCUT2D eigenvalue weighted by atomic mass is 9.96. The Labute approximate surface area is 201 Å². The molecule has 2 aliphatic rings. The summed E-state index contributed by atoms with van der Waals surface area (Å²) in [6, 6.07) is 7.02. The number of carbonyl (C=O) groups excluding carboxylic acids is 1.